The molecule has 0 amide bonds. The summed E-state index contributed by atoms with van der Waals surface area (Å²) in [5.74, 6) is 0.157. The molecule has 3 heteroatoms. The highest BCUT2D eigenvalue weighted by Gasteiger charge is 2.44. The van der Waals surface area contributed by atoms with Gasteiger partial charge in [-0.15, -0.1) is 0 Å². The van der Waals surface area contributed by atoms with E-state index in [2.05, 4.69) is 13.8 Å². The molecule has 0 saturated heterocycles. The molecule has 17 heavy (non-hydrogen) atoms. The fourth-order valence-electron chi connectivity index (χ4n) is 3.00. The van der Waals surface area contributed by atoms with E-state index < -0.39 is 0 Å². The number of ether oxygens (including phenoxy) is 1. The highest BCUT2D eigenvalue weighted by molar-refractivity contribution is 4.95. The zero-order valence-electron chi connectivity index (χ0n) is 11.8. The Morgan fingerprint density at radius 2 is 1.76 bits per heavy atom. The Balaban J connectivity index is 2.69. The number of hydrogen-bond acceptors (Lipinski definition) is 3. The van der Waals surface area contributed by atoms with E-state index in [0.717, 1.165) is 25.7 Å². The largest absolute Gasteiger partial charge is 0.392 e. The van der Waals surface area contributed by atoms with Crippen LogP contribution >= 0.6 is 0 Å². The summed E-state index contributed by atoms with van der Waals surface area (Å²) in [7, 11) is 1.68. The molecule has 102 valence electrons. The number of aliphatic hydroxyl groups excluding tert-OH is 1. The maximum Gasteiger partial charge on any atom is 0.0655 e. The minimum atomic E-state index is -0.344. The summed E-state index contributed by atoms with van der Waals surface area (Å²) in [5.41, 5.74) is 6.28. The first-order valence-corrected chi connectivity index (χ1v) is 6.74. The number of nitrogens with two attached hydrogens (primary N) is 1. The summed E-state index contributed by atoms with van der Waals surface area (Å²) >= 11 is 0. The van der Waals surface area contributed by atoms with Gasteiger partial charge in [0.15, 0.2) is 0 Å². The Morgan fingerprint density at radius 1 is 1.24 bits per heavy atom. The molecule has 0 aromatic heterocycles. The van der Waals surface area contributed by atoms with Crippen molar-refractivity contribution in [1.82, 2.24) is 0 Å². The average Bonchev–Trinajstić information content (AvgIpc) is 2.29. The molecule has 1 saturated carbocycles. The van der Waals surface area contributed by atoms with Crippen molar-refractivity contribution in [2.24, 2.45) is 22.5 Å². The van der Waals surface area contributed by atoms with Gasteiger partial charge in [0.1, 0.15) is 0 Å². The minimum Gasteiger partial charge on any atom is -0.392 e. The fraction of sp³-hybridized carbons (Fsp3) is 1.00. The Morgan fingerprint density at radius 3 is 2.18 bits per heavy atom. The molecule has 1 aliphatic carbocycles. The summed E-state index contributed by atoms with van der Waals surface area (Å²) in [6, 6.07) is 0. The summed E-state index contributed by atoms with van der Waals surface area (Å²) < 4.78 is 5.15. The Hall–Kier alpha value is -0.120. The SMILES string of the molecule is COCC(C)C(O)C1(CN)CCC(C)(C)CC1. The van der Waals surface area contributed by atoms with E-state index in [4.69, 9.17) is 10.5 Å². The minimum absolute atomic E-state index is 0.0898. The normalized spacial score (nSPS) is 26.5. The first kappa shape index (κ1) is 14.9. The number of rotatable bonds is 5. The average molecular weight is 243 g/mol. The summed E-state index contributed by atoms with van der Waals surface area (Å²) in [4.78, 5) is 0. The Labute approximate surface area is 106 Å². The van der Waals surface area contributed by atoms with Crippen LogP contribution in [0, 0.1) is 16.7 Å². The van der Waals surface area contributed by atoms with Crippen LogP contribution in [0.1, 0.15) is 46.5 Å². The van der Waals surface area contributed by atoms with Gasteiger partial charge in [-0.05, 0) is 31.1 Å². The molecule has 1 aliphatic rings. The van der Waals surface area contributed by atoms with E-state index in [1.54, 1.807) is 7.11 Å². The van der Waals surface area contributed by atoms with Crippen molar-refractivity contribution in [2.75, 3.05) is 20.3 Å². The van der Waals surface area contributed by atoms with E-state index >= 15 is 0 Å². The molecule has 1 fully saturated rings. The second-order valence-electron chi connectivity index (χ2n) is 6.61. The molecule has 0 radical (unpaired) electrons. The van der Waals surface area contributed by atoms with Gasteiger partial charge in [-0.2, -0.15) is 0 Å². The fourth-order valence-corrected chi connectivity index (χ4v) is 3.00. The van der Waals surface area contributed by atoms with E-state index in [1.807, 2.05) is 6.92 Å². The van der Waals surface area contributed by atoms with Crippen LogP contribution in [0.4, 0.5) is 0 Å². The molecule has 0 aliphatic heterocycles. The molecule has 0 aromatic rings. The van der Waals surface area contributed by atoms with Gasteiger partial charge in [-0.25, -0.2) is 0 Å². The van der Waals surface area contributed by atoms with Crippen LogP contribution in [-0.2, 0) is 4.74 Å². The predicted molar refractivity (Wildman–Crippen MR) is 70.8 cm³/mol. The number of hydrogen-bond donors (Lipinski definition) is 2. The zero-order valence-corrected chi connectivity index (χ0v) is 11.8. The smallest absolute Gasteiger partial charge is 0.0655 e. The third-order valence-corrected chi connectivity index (χ3v) is 4.60. The van der Waals surface area contributed by atoms with Crippen LogP contribution in [0.2, 0.25) is 0 Å². The monoisotopic (exact) mass is 243 g/mol. The van der Waals surface area contributed by atoms with Crippen LogP contribution in [0.3, 0.4) is 0 Å². The van der Waals surface area contributed by atoms with Crippen LogP contribution in [0.25, 0.3) is 0 Å². The van der Waals surface area contributed by atoms with Crippen molar-refractivity contribution in [2.45, 2.75) is 52.6 Å². The van der Waals surface area contributed by atoms with Gasteiger partial charge in [-0.3, -0.25) is 0 Å². The lowest BCUT2D eigenvalue weighted by Crippen LogP contribution is -2.49. The maximum absolute atomic E-state index is 10.5. The van der Waals surface area contributed by atoms with Gasteiger partial charge in [0.05, 0.1) is 12.7 Å². The number of methoxy groups -OCH3 is 1. The quantitative estimate of drug-likeness (QED) is 0.778. The lowest BCUT2D eigenvalue weighted by atomic mass is 9.61. The van der Waals surface area contributed by atoms with Crippen molar-refractivity contribution < 1.29 is 9.84 Å². The summed E-state index contributed by atoms with van der Waals surface area (Å²) in [5, 5.41) is 10.5. The molecule has 0 bridgehead atoms. The number of aliphatic hydroxyl groups is 1. The lowest BCUT2D eigenvalue weighted by Gasteiger charge is -2.47. The summed E-state index contributed by atoms with van der Waals surface area (Å²) in [6.45, 7) is 7.84. The van der Waals surface area contributed by atoms with Crippen LogP contribution in [-0.4, -0.2) is 31.5 Å². The molecular weight excluding hydrogens is 214 g/mol. The topological polar surface area (TPSA) is 55.5 Å². The van der Waals surface area contributed by atoms with Crippen molar-refractivity contribution in [3.63, 3.8) is 0 Å². The van der Waals surface area contributed by atoms with Crippen LogP contribution < -0.4 is 5.73 Å². The molecule has 1 rings (SSSR count). The molecular formula is C14H29NO2. The van der Waals surface area contributed by atoms with Crippen LogP contribution in [0.5, 0.6) is 0 Å². The highest BCUT2D eigenvalue weighted by Crippen LogP contribution is 2.47. The second-order valence-corrected chi connectivity index (χ2v) is 6.61. The third-order valence-electron chi connectivity index (χ3n) is 4.60. The molecule has 0 aromatic carbocycles. The zero-order chi connectivity index (χ0) is 13.1. The first-order valence-electron chi connectivity index (χ1n) is 6.74. The molecule has 3 N–H and O–H groups in total. The highest BCUT2D eigenvalue weighted by atomic mass is 16.5. The van der Waals surface area contributed by atoms with Crippen molar-refractivity contribution in [3.8, 4) is 0 Å². The predicted octanol–water partition coefficient (Wildman–Crippen LogP) is 2.18. The van der Waals surface area contributed by atoms with E-state index in [0.29, 0.717) is 18.6 Å². The van der Waals surface area contributed by atoms with Gasteiger partial charge >= 0.3 is 0 Å². The van der Waals surface area contributed by atoms with Crippen molar-refractivity contribution >= 4 is 0 Å². The van der Waals surface area contributed by atoms with Gasteiger partial charge < -0.3 is 15.6 Å². The third kappa shape index (κ3) is 3.43. The van der Waals surface area contributed by atoms with Crippen molar-refractivity contribution in [3.05, 3.63) is 0 Å². The lowest BCUT2D eigenvalue weighted by molar-refractivity contribution is -0.0653. The standard InChI is InChI=1S/C14H29NO2/c1-11(9-17-4)12(16)14(10-15)7-5-13(2,3)6-8-14/h11-12,16H,5-10,15H2,1-4H3. The van der Waals surface area contributed by atoms with Gasteiger partial charge in [0, 0.05) is 25.0 Å². The maximum atomic E-state index is 10.5. The Kier molecular flexibility index (Phi) is 4.99. The van der Waals surface area contributed by atoms with Gasteiger partial charge in [-0.1, -0.05) is 20.8 Å². The Bertz CT molecular complexity index is 230. The molecule has 0 heterocycles. The first-order chi connectivity index (χ1) is 7.87. The van der Waals surface area contributed by atoms with Gasteiger partial charge in [0.25, 0.3) is 0 Å². The molecule has 0 spiro atoms. The van der Waals surface area contributed by atoms with E-state index in [-0.39, 0.29) is 17.4 Å². The molecule has 2 atom stereocenters. The second kappa shape index (κ2) is 5.68. The van der Waals surface area contributed by atoms with E-state index in [1.165, 1.54) is 0 Å². The molecule has 2 unspecified atom stereocenters. The van der Waals surface area contributed by atoms with Crippen molar-refractivity contribution in [1.29, 1.82) is 0 Å². The summed E-state index contributed by atoms with van der Waals surface area (Å²) in [6.07, 6.45) is 4.03. The van der Waals surface area contributed by atoms with Crippen LogP contribution in [0.15, 0.2) is 0 Å². The molecule has 3 nitrogen and oxygen atoms in total. The van der Waals surface area contributed by atoms with E-state index in [9.17, 15) is 5.11 Å². The van der Waals surface area contributed by atoms with Gasteiger partial charge in [0.2, 0.25) is 0 Å².